The van der Waals surface area contributed by atoms with Gasteiger partial charge in [0.1, 0.15) is 0 Å². The van der Waals surface area contributed by atoms with Gasteiger partial charge in [0.2, 0.25) is 15.8 Å². The molecule has 0 spiro atoms. The number of halogens is 1. The van der Waals surface area contributed by atoms with Gasteiger partial charge in [-0.15, -0.1) is 0 Å². The van der Waals surface area contributed by atoms with Gasteiger partial charge >= 0.3 is 6.01 Å². The molecule has 7 nitrogen and oxygen atoms in total. The van der Waals surface area contributed by atoms with Crippen LogP contribution in [0.5, 0.6) is 0 Å². The quantitative estimate of drug-likeness (QED) is 0.742. The topological polar surface area (TPSA) is 97.1 Å². The van der Waals surface area contributed by atoms with Crippen molar-refractivity contribution in [2.75, 3.05) is 17.6 Å². The molecule has 0 amide bonds. The summed E-state index contributed by atoms with van der Waals surface area (Å²) in [6.45, 7) is 2.16. The van der Waals surface area contributed by atoms with Crippen molar-refractivity contribution in [1.29, 1.82) is 0 Å². The number of sulfonamides is 1. The standard InChI is InChI=1S/C17H23ClN4O3S/c1-2-26(23,24)19-11-12-3-9-15(10-4-12)20-17-21-16(22-25-17)13-5-7-14(18)8-6-13/h5-8,12,15,19H,2-4,9-11H2,1H3,(H,20,21,22). The van der Waals surface area contributed by atoms with E-state index < -0.39 is 10.0 Å². The molecule has 2 aromatic rings. The summed E-state index contributed by atoms with van der Waals surface area (Å²) < 4.78 is 31.0. The fraction of sp³-hybridized carbons (Fsp3) is 0.529. The summed E-state index contributed by atoms with van der Waals surface area (Å²) in [5.41, 5.74) is 0.845. The first-order valence-corrected chi connectivity index (χ1v) is 10.8. The summed E-state index contributed by atoms with van der Waals surface area (Å²) in [7, 11) is -3.11. The van der Waals surface area contributed by atoms with Crippen LogP contribution in [0.15, 0.2) is 28.8 Å². The lowest BCUT2D eigenvalue weighted by atomic mass is 9.86. The summed E-state index contributed by atoms with van der Waals surface area (Å²) in [5, 5.41) is 7.94. The third-order valence-electron chi connectivity index (χ3n) is 4.67. The van der Waals surface area contributed by atoms with Gasteiger partial charge in [0.05, 0.1) is 5.75 Å². The number of anilines is 1. The van der Waals surface area contributed by atoms with E-state index in [9.17, 15) is 8.42 Å². The smallest absolute Gasteiger partial charge is 0.322 e. The van der Waals surface area contributed by atoms with Crippen LogP contribution in [0, 0.1) is 5.92 Å². The first-order chi connectivity index (χ1) is 12.4. The van der Waals surface area contributed by atoms with Gasteiger partial charge in [-0.25, -0.2) is 13.1 Å². The molecule has 1 aromatic heterocycles. The number of nitrogens with zero attached hydrogens (tertiary/aromatic N) is 2. The molecule has 1 aliphatic rings. The molecule has 0 radical (unpaired) electrons. The van der Waals surface area contributed by atoms with Crippen LogP contribution in [0.1, 0.15) is 32.6 Å². The molecule has 0 atom stereocenters. The second-order valence-electron chi connectivity index (χ2n) is 6.54. The van der Waals surface area contributed by atoms with E-state index in [4.69, 9.17) is 16.1 Å². The number of benzene rings is 1. The Labute approximate surface area is 158 Å². The summed E-state index contributed by atoms with van der Waals surface area (Å²) in [6.07, 6.45) is 3.80. The highest BCUT2D eigenvalue weighted by Gasteiger charge is 2.23. The molecule has 0 unspecified atom stereocenters. The molecular formula is C17H23ClN4O3S. The zero-order valence-corrected chi connectivity index (χ0v) is 16.2. The van der Waals surface area contributed by atoms with Crippen LogP contribution in [0.2, 0.25) is 5.02 Å². The Balaban J connectivity index is 1.48. The molecule has 1 saturated carbocycles. The maximum atomic E-state index is 11.5. The minimum absolute atomic E-state index is 0.122. The van der Waals surface area contributed by atoms with E-state index in [0.29, 0.717) is 29.3 Å². The van der Waals surface area contributed by atoms with Gasteiger partial charge in [-0.05, 0) is 62.8 Å². The maximum absolute atomic E-state index is 11.5. The van der Waals surface area contributed by atoms with Crippen molar-refractivity contribution in [3.63, 3.8) is 0 Å². The SMILES string of the molecule is CCS(=O)(=O)NCC1CCC(Nc2nc(-c3ccc(Cl)cc3)no2)CC1. The number of aromatic nitrogens is 2. The van der Waals surface area contributed by atoms with Crippen LogP contribution in [0.3, 0.4) is 0 Å². The van der Waals surface area contributed by atoms with Gasteiger partial charge in [-0.1, -0.05) is 16.8 Å². The predicted octanol–water partition coefficient (Wildman–Crippen LogP) is 3.30. The van der Waals surface area contributed by atoms with E-state index in [0.717, 1.165) is 31.2 Å². The zero-order valence-electron chi connectivity index (χ0n) is 14.6. The van der Waals surface area contributed by atoms with Crippen LogP contribution in [0.25, 0.3) is 11.4 Å². The van der Waals surface area contributed by atoms with Gasteiger partial charge in [0.15, 0.2) is 0 Å². The van der Waals surface area contributed by atoms with Crippen molar-refractivity contribution < 1.29 is 12.9 Å². The molecule has 0 saturated heterocycles. The van der Waals surface area contributed by atoms with Crippen molar-refractivity contribution in [2.45, 2.75) is 38.6 Å². The Morgan fingerprint density at radius 2 is 1.88 bits per heavy atom. The van der Waals surface area contributed by atoms with Gasteiger partial charge in [0, 0.05) is 23.2 Å². The Hall–Kier alpha value is -1.64. The Kier molecular flexibility index (Phi) is 6.16. The fourth-order valence-corrected chi connectivity index (χ4v) is 3.85. The monoisotopic (exact) mass is 398 g/mol. The van der Waals surface area contributed by atoms with E-state index in [-0.39, 0.29) is 11.8 Å². The first-order valence-electron chi connectivity index (χ1n) is 8.78. The molecule has 0 bridgehead atoms. The van der Waals surface area contributed by atoms with Crippen molar-refractivity contribution in [1.82, 2.24) is 14.9 Å². The van der Waals surface area contributed by atoms with E-state index in [1.54, 1.807) is 19.1 Å². The van der Waals surface area contributed by atoms with Crippen LogP contribution < -0.4 is 10.0 Å². The van der Waals surface area contributed by atoms with Crippen molar-refractivity contribution in [2.24, 2.45) is 5.92 Å². The largest absolute Gasteiger partial charge is 0.335 e. The highest BCUT2D eigenvalue weighted by atomic mass is 35.5. The van der Waals surface area contributed by atoms with Gasteiger partial charge in [-0.3, -0.25) is 0 Å². The van der Waals surface area contributed by atoms with Gasteiger partial charge in [0.25, 0.3) is 0 Å². The average Bonchev–Trinajstić information content (AvgIpc) is 3.10. The molecule has 1 heterocycles. The summed E-state index contributed by atoms with van der Waals surface area (Å²) >= 11 is 5.89. The number of hydrogen-bond acceptors (Lipinski definition) is 6. The van der Waals surface area contributed by atoms with Crippen LogP contribution >= 0.6 is 11.6 Å². The maximum Gasteiger partial charge on any atom is 0.322 e. The lowest BCUT2D eigenvalue weighted by Gasteiger charge is -2.28. The highest BCUT2D eigenvalue weighted by Crippen LogP contribution is 2.27. The average molecular weight is 399 g/mol. The molecular weight excluding hydrogens is 376 g/mol. The molecule has 1 fully saturated rings. The van der Waals surface area contributed by atoms with Crippen molar-refractivity contribution in [3.05, 3.63) is 29.3 Å². The lowest BCUT2D eigenvalue weighted by Crippen LogP contribution is -2.34. The molecule has 0 aliphatic heterocycles. The Bertz CT molecular complexity index is 815. The summed E-state index contributed by atoms with van der Waals surface area (Å²) in [5.74, 6) is 1.02. The lowest BCUT2D eigenvalue weighted by molar-refractivity contribution is 0.330. The summed E-state index contributed by atoms with van der Waals surface area (Å²) in [6, 6.07) is 7.93. The van der Waals surface area contributed by atoms with Crippen molar-refractivity contribution >= 4 is 27.6 Å². The normalized spacial score (nSPS) is 20.8. The third-order valence-corrected chi connectivity index (χ3v) is 6.29. The Morgan fingerprint density at radius 3 is 2.54 bits per heavy atom. The molecule has 9 heteroatoms. The number of rotatable bonds is 7. The van der Waals surface area contributed by atoms with E-state index in [1.807, 2.05) is 12.1 Å². The van der Waals surface area contributed by atoms with E-state index >= 15 is 0 Å². The van der Waals surface area contributed by atoms with Crippen LogP contribution in [-0.4, -0.2) is 36.9 Å². The number of hydrogen-bond donors (Lipinski definition) is 2. The highest BCUT2D eigenvalue weighted by molar-refractivity contribution is 7.89. The van der Waals surface area contributed by atoms with Crippen LogP contribution in [0.4, 0.5) is 6.01 Å². The first kappa shape index (κ1) is 19.1. The van der Waals surface area contributed by atoms with E-state index in [2.05, 4.69) is 20.2 Å². The van der Waals surface area contributed by atoms with Gasteiger partial charge in [-0.2, -0.15) is 4.98 Å². The van der Waals surface area contributed by atoms with Gasteiger partial charge < -0.3 is 9.84 Å². The minimum Gasteiger partial charge on any atom is -0.335 e. The zero-order chi connectivity index (χ0) is 18.6. The van der Waals surface area contributed by atoms with Crippen LogP contribution in [-0.2, 0) is 10.0 Å². The number of nitrogens with one attached hydrogen (secondary N) is 2. The molecule has 3 rings (SSSR count). The molecule has 142 valence electrons. The Morgan fingerprint density at radius 1 is 1.19 bits per heavy atom. The third kappa shape index (κ3) is 5.18. The second kappa shape index (κ2) is 8.37. The van der Waals surface area contributed by atoms with Crippen molar-refractivity contribution in [3.8, 4) is 11.4 Å². The fourth-order valence-electron chi connectivity index (χ4n) is 3.03. The molecule has 1 aromatic carbocycles. The van der Waals surface area contributed by atoms with E-state index in [1.165, 1.54) is 0 Å². The minimum atomic E-state index is -3.11. The molecule has 26 heavy (non-hydrogen) atoms. The second-order valence-corrected chi connectivity index (χ2v) is 9.08. The molecule has 2 N–H and O–H groups in total. The summed E-state index contributed by atoms with van der Waals surface area (Å²) in [4.78, 5) is 4.38. The molecule has 1 aliphatic carbocycles. The predicted molar refractivity (Wildman–Crippen MR) is 102 cm³/mol.